The fourth-order valence-corrected chi connectivity index (χ4v) is 2.53. The van der Waals surface area contributed by atoms with E-state index in [1.807, 2.05) is 12.1 Å². The van der Waals surface area contributed by atoms with Gasteiger partial charge in [-0.3, -0.25) is 4.90 Å². The topological polar surface area (TPSA) is 44.7 Å². The molecule has 1 aromatic carbocycles. The normalized spacial score (nSPS) is 16.2. The van der Waals surface area contributed by atoms with Crippen molar-refractivity contribution in [3.05, 3.63) is 29.8 Å². The summed E-state index contributed by atoms with van der Waals surface area (Å²) in [5.74, 6) is 0.935. The predicted octanol–water partition coefficient (Wildman–Crippen LogP) is 1.63. The number of likely N-dealkylation sites (tertiary alicyclic amines) is 1. The van der Waals surface area contributed by atoms with Crippen molar-refractivity contribution in [1.29, 1.82) is 0 Å². The van der Waals surface area contributed by atoms with Gasteiger partial charge >= 0.3 is 0 Å². The lowest BCUT2D eigenvalue weighted by molar-refractivity contribution is 0.183. The predicted molar refractivity (Wildman–Crippen MR) is 81.0 cm³/mol. The van der Waals surface area contributed by atoms with Crippen LogP contribution >= 0.6 is 0 Å². The highest BCUT2D eigenvalue weighted by atomic mass is 16.5. The number of benzene rings is 1. The number of piperidine rings is 1. The second kappa shape index (κ2) is 8.95. The molecule has 112 valence electrons. The molecule has 1 saturated heterocycles. The molecule has 2 N–H and O–H groups in total. The van der Waals surface area contributed by atoms with Crippen LogP contribution < -0.4 is 10.1 Å². The van der Waals surface area contributed by atoms with Crippen molar-refractivity contribution >= 4 is 0 Å². The Hall–Kier alpha value is -1.10. The highest BCUT2D eigenvalue weighted by Gasteiger charge is 2.09. The highest BCUT2D eigenvalue weighted by molar-refractivity contribution is 5.28. The molecule has 0 bridgehead atoms. The second-order valence-electron chi connectivity index (χ2n) is 5.30. The summed E-state index contributed by atoms with van der Waals surface area (Å²) in [4.78, 5) is 2.48. The first-order chi connectivity index (χ1) is 9.88. The number of ether oxygens (including phenoxy) is 1. The summed E-state index contributed by atoms with van der Waals surface area (Å²) in [6, 6.07) is 8.17. The van der Waals surface area contributed by atoms with Gasteiger partial charge < -0.3 is 15.2 Å². The van der Waals surface area contributed by atoms with E-state index in [0.29, 0.717) is 6.54 Å². The van der Waals surface area contributed by atoms with Crippen LogP contribution in [0, 0.1) is 0 Å². The van der Waals surface area contributed by atoms with Gasteiger partial charge in [0, 0.05) is 19.6 Å². The monoisotopic (exact) mass is 278 g/mol. The molecule has 0 radical (unpaired) electrons. The first-order valence-electron chi connectivity index (χ1n) is 7.64. The number of rotatable bonds is 8. The number of aliphatic hydroxyl groups is 1. The standard InChI is InChI=1S/C16H26N2O2/c19-11-7-17-14-15-5-4-6-16(13-15)20-12-10-18-8-2-1-3-9-18/h4-6,13,17,19H,1-3,7-12,14H2. The zero-order chi connectivity index (χ0) is 14.0. The van der Waals surface area contributed by atoms with Crippen LogP contribution in [0.25, 0.3) is 0 Å². The number of hydrogen-bond donors (Lipinski definition) is 2. The Kier molecular flexibility index (Phi) is 6.84. The third kappa shape index (κ3) is 5.49. The molecule has 1 aliphatic heterocycles. The van der Waals surface area contributed by atoms with Crippen LogP contribution in [0.3, 0.4) is 0 Å². The average molecular weight is 278 g/mol. The quantitative estimate of drug-likeness (QED) is 0.710. The lowest BCUT2D eigenvalue weighted by Gasteiger charge is -2.26. The van der Waals surface area contributed by atoms with Gasteiger partial charge in [-0.15, -0.1) is 0 Å². The molecule has 0 aliphatic carbocycles. The van der Waals surface area contributed by atoms with Crippen molar-refractivity contribution in [3.63, 3.8) is 0 Å². The summed E-state index contributed by atoms with van der Waals surface area (Å²) in [6.07, 6.45) is 4.03. The number of aliphatic hydroxyl groups excluding tert-OH is 1. The third-order valence-electron chi connectivity index (χ3n) is 3.64. The van der Waals surface area contributed by atoms with E-state index in [1.54, 1.807) is 0 Å². The first-order valence-corrected chi connectivity index (χ1v) is 7.64. The minimum absolute atomic E-state index is 0.173. The van der Waals surface area contributed by atoms with Crippen LogP contribution in [-0.2, 0) is 6.54 Å². The van der Waals surface area contributed by atoms with E-state index in [-0.39, 0.29) is 6.61 Å². The van der Waals surface area contributed by atoms with Crippen LogP contribution in [0.1, 0.15) is 24.8 Å². The van der Waals surface area contributed by atoms with E-state index in [0.717, 1.165) is 25.4 Å². The molecule has 4 nitrogen and oxygen atoms in total. The van der Waals surface area contributed by atoms with E-state index in [4.69, 9.17) is 9.84 Å². The Balaban J connectivity index is 1.70. The Labute approximate surface area is 121 Å². The Morgan fingerprint density at radius 3 is 2.85 bits per heavy atom. The van der Waals surface area contributed by atoms with Crippen molar-refractivity contribution in [2.75, 3.05) is 39.4 Å². The van der Waals surface area contributed by atoms with Crippen LogP contribution in [-0.4, -0.2) is 49.4 Å². The van der Waals surface area contributed by atoms with Crippen LogP contribution in [0.15, 0.2) is 24.3 Å². The highest BCUT2D eigenvalue weighted by Crippen LogP contribution is 2.14. The largest absolute Gasteiger partial charge is 0.492 e. The molecule has 1 aromatic rings. The molecule has 0 atom stereocenters. The molecule has 1 aliphatic rings. The van der Waals surface area contributed by atoms with Crippen molar-refractivity contribution in [3.8, 4) is 5.75 Å². The molecule has 4 heteroatoms. The molecule has 1 fully saturated rings. The molecular weight excluding hydrogens is 252 g/mol. The number of hydrogen-bond acceptors (Lipinski definition) is 4. The van der Waals surface area contributed by atoms with Gasteiger partial charge in [-0.25, -0.2) is 0 Å². The molecular formula is C16H26N2O2. The van der Waals surface area contributed by atoms with Gasteiger partial charge in [-0.1, -0.05) is 18.6 Å². The summed E-state index contributed by atoms with van der Waals surface area (Å²) in [7, 11) is 0. The van der Waals surface area contributed by atoms with E-state index >= 15 is 0 Å². The Morgan fingerprint density at radius 1 is 1.20 bits per heavy atom. The van der Waals surface area contributed by atoms with E-state index < -0.39 is 0 Å². The van der Waals surface area contributed by atoms with Gasteiger partial charge in [0.2, 0.25) is 0 Å². The van der Waals surface area contributed by atoms with Gasteiger partial charge in [0.1, 0.15) is 12.4 Å². The third-order valence-corrected chi connectivity index (χ3v) is 3.64. The van der Waals surface area contributed by atoms with Crippen molar-refractivity contribution in [2.24, 2.45) is 0 Å². The zero-order valence-corrected chi connectivity index (χ0v) is 12.2. The molecule has 0 spiro atoms. The second-order valence-corrected chi connectivity index (χ2v) is 5.30. The van der Waals surface area contributed by atoms with Crippen LogP contribution in [0.4, 0.5) is 0 Å². The van der Waals surface area contributed by atoms with Gasteiger partial charge in [-0.05, 0) is 43.6 Å². The fourth-order valence-electron chi connectivity index (χ4n) is 2.53. The molecule has 20 heavy (non-hydrogen) atoms. The summed E-state index contributed by atoms with van der Waals surface area (Å²) >= 11 is 0. The maximum absolute atomic E-state index is 8.75. The van der Waals surface area contributed by atoms with E-state index in [2.05, 4.69) is 22.3 Å². The lowest BCUT2D eigenvalue weighted by atomic mass is 10.1. The van der Waals surface area contributed by atoms with Crippen LogP contribution in [0.2, 0.25) is 0 Å². The molecule has 0 unspecified atom stereocenters. The van der Waals surface area contributed by atoms with Crippen molar-refractivity contribution in [1.82, 2.24) is 10.2 Å². The smallest absolute Gasteiger partial charge is 0.119 e. The van der Waals surface area contributed by atoms with E-state index in [9.17, 15) is 0 Å². The van der Waals surface area contributed by atoms with Crippen molar-refractivity contribution in [2.45, 2.75) is 25.8 Å². The molecule has 1 heterocycles. The molecule has 0 aromatic heterocycles. The Morgan fingerprint density at radius 2 is 2.05 bits per heavy atom. The van der Waals surface area contributed by atoms with Gasteiger partial charge in [0.25, 0.3) is 0 Å². The minimum Gasteiger partial charge on any atom is -0.492 e. The van der Waals surface area contributed by atoms with E-state index in [1.165, 1.54) is 37.9 Å². The van der Waals surface area contributed by atoms with Gasteiger partial charge in [0.15, 0.2) is 0 Å². The molecule has 0 saturated carbocycles. The zero-order valence-electron chi connectivity index (χ0n) is 12.2. The minimum atomic E-state index is 0.173. The maximum Gasteiger partial charge on any atom is 0.119 e. The Bertz CT molecular complexity index is 378. The summed E-state index contributed by atoms with van der Waals surface area (Å²) < 4.78 is 5.84. The lowest BCUT2D eigenvalue weighted by Crippen LogP contribution is -2.33. The summed E-state index contributed by atoms with van der Waals surface area (Å²) in [6.45, 7) is 5.78. The van der Waals surface area contributed by atoms with Gasteiger partial charge in [-0.2, -0.15) is 0 Å². The fraction of sp³-hybridized carbons (Fsp3) is 0.625. The van der Waals surface area contributed by atoms with Crippen LogP contribution in [0.5, 0.6) is 5.75 Å². The SMILES string of the molecule is OCCNCc1cccc(OCCN2CCCCC2)c1. The number of nitrogens with zero attached hydrogens (tertiary/aromatic N) is 1. The maximum atomic E-state index is 8.75. The number of nitrogens with one attached hydrogen (secondary N) is 1. The summed E-state index contributed by atoms with van der Waals surface area (Å²) in [5, 5.41) is 11.9. The first kappa shape index (κ1) is 15.3. The average Bonchev–Trinajstić information content (AvgIpc) is 2.49. The molecule has 0 amide bonds. The van der Waals surface area contributed by atoms with Gasteiger partial charge in [0.05, 0.1) is 6.61 Å². The molecule has 2 rings (SSSR count). The summed E-state index contributed by atoms with van der Waals surface area (Å²) in [5.41, 5.74) is 1.19. The van der Waals surface area contributed by atoms with Crippen molar-refractivity contribution < 1.29 is 9.84 Å².